The van der Waals surface area contributed by atoms with Crippen molar-refractivity contribution in [3.8, 4) is 0 Å². The Labute approximate surface area is 96.4 Å². The molecule has 0 aromatic carbocycles. The molecule has 0 bridgehead atoms. The van der Waals surface area contributed by atoms with Gasteiger partial charge in [0.15, 0.2) is 5.69 Å². The molecule has 0 spiro atoms. The van der Waals surface area contributed by atoms with Crippen LogP contribution in [0.1, 0.15) is 21.3 Å². The van der Waals surface area contributed by atoms with Crippen LogP contribution in [0.25, 0.3) is 0 Å². The second-order valence-electron chi connectivity index (χ2n) is 3.35. The lowest BCUT2D eigenvalue weighted by Gasteiger charge is -2.01. The Bertz CT molecular complexity index is 504. The van der Waals surface area contributed by atoms with Crippen LogP contribution in [0.2, 0.25) is 0 Å². The van der Waals surface area contributed by atoms with E-state index in [1.165, 1.54) is 11.3 Å². The highest BCUT2D eigenvalue weighted by Gasteiger charge is 2.08. The molecule has 2 heterocycles. The lowest BCUT2D eigenvalue weighted by atomic mass is 10.4. The summed E-state index contributed by atoms with van der Waals surface area (Å²) in [5.74, 6) is -0.0173. The van der Waals surface area contributed by atoms with Crippen molar-refractivity contribution in [2.75, 3.05) is 0 Å². The molecule has 84 valence electrons. The fourth-order valence-electron chi connectivity index (χ4n) is 1.38. The van der Waals surface area contributed by atoms with E-state index >= 15 is 0 Å². The summed E-state index contributed by atoms with van der Waals surface area (Å²) in [5, 5.41) is 11.1. The molecule has 5 nitrogen and oxygen atoms in total. The third-order valence-electron chi connectivity index (χ3n) is 2.26. The average molecular weight is 237 g/mol. The van der Waals surface area contributed by atoms with Gasteiger partial charge >= 0.3 is 5.97 Å². The molecule has 0 aliphatic rings. The van der Waals surface area contributed by atoms with Gasteiger partial charge in [0, 0.05) is 30.7 Å². The van der Waals surface area contributed by atoms with E-state index in [9.17, 15) is 4.79 Å². The summed E-state index contributed by atoms with van der Waals surface area (Å²) < 4.78 is 2.02. The maximum Gasteiger partial charge on any atom is 0.355 e. The van der Waals surface area contributed by atoms with Crippen LogP contribution >= 0.6 is 11.3 Å². The number of thiazole rings is 1. The third kappa shape index (κ3) is 2.27. The summed E-state index contributed by atoms with van der Waals surface area (Å²) in [5.41, 5.74) is 0.127. The fraction of sp³-hybridized carbons (Fsp3) is 0.300. The van der Waals surface area contributed by atoms with Crippen molar-refractivity contribution in [3.05, 3.63) is 34.3 Å². The molecule has 0 unspecified atom stereocenters. The first-order chi connectivity index (χ1) is 7.66. The van der Waals surface area contributed by atoms with Gasteiger partial charge in [-0.15, -0.1) is 11.3 Å². The number of nitrogens with zero attached hydrogens (tertiary/aromatic N) is 3. The molecule has 2 aromatic heterocycles. The van der Waals surface area contributed by atoms with Crippen molar-refractivity contribution >= 4 is 17.3 Å². The summed E-state index contributed by atoms with van der Waals surface area (Å²) in [4.78, 5) is 18.8. The highest BCUT2D eigenvalue weighted by atomic mass is 32.1. The zero-order valence-corrected chi connectivity index (χ0v) is 9.57. The van der Waals surface area contributed by atoms with Gasteiger partial charge in [-0.05, 0) is 6.92 Å². The number of aryl methyl sites for hydroxylation is 3. The molecular weight excluding hydrogens is 226 g/mol. The molecular formula is C10H11N3O2S. The van der Waals surface area contributed by atoms with Crippen LogP contribution in [0.5, 0.6) is 0 Å². The Kier molecular flexibility index (Phi) is 3.00. The second kappa shape index (κ2) is 4.44. The molecule has 16 heavy (non-hydrogen) atoms. The third-order valence-corrected chi connectivity index (χ3v) is 3.17. The van der Waals surface area contributed by atoms with Crippen LogP contribution < -0.4 is 0 Å². The van der Waals surface area contributed by atoms with Gasteiger partial charge < -0.3 is 9.67 Å². The number of imidazole rings is 1. The molecule has 0 saturated heterocycles. The number of rotatable bonds is 4. The van der Waals surface area contributed by atoms with Crippen molar-refractivity contribution in [3.63, 3.8) is 0 Å². The van der Waals surface area contributed by atoms with E-state index in [2.05, 4.69) is 9.97 Å². The molecule has 0 atom stereocenters. The van der Waals surface area contributed by atoms with E-state index in [-0.39, 0.29) is 5.69 Å². The normalized spacial score (nSPS) is 10.6. The molecule has 0 aliphatic carbocycles. The Balaban J connectivity index is 2.00. The fourth-order valence-corrected chi connectivity index (χ4v) is 2.14. The zero-order chi connectivity index (χ0) is 11.5. The Morgan fingerprint density at radius 3 is 3.00 bits per heavy atom. The van der Waals surface area contributed by atoms with Crippen LogP contribution in [-0.2, 0) is 13.0 Å². The first kappa shape index (κ1) is 10.8. The Morgan fingerprint density at radius 1 is 1.62 bits per heavy atom. The monoisotopic (exact) mass is 237 g/mol. The van der Waals surface area contributed by atoms with E-state index in [0.29, 0.717) is 0 Å². The Hall–Kier alpha value is -1.69. The molecule has 0 amide bonds. The standard InChI is InChI=1S/C10H11N3O2S/c1-7-11-3-5-13(7)4-2-9-12-8(6-16-9)10(14)15/h3,5-6H,2,4H2,1H3,(H,14,15). The van der Waals surface area contributed by atoms with Gasteiger partial charge in [-0.2, -0.15) is 0 Å². The molecule has 2 rings (SSSR count). The smallest absolute Gasteiger partial charge is 0.355 e. The minimum absolute atomic E-state index is 0.127. The van der Waals surface area contributed by atoms with Gasteiger partial charge in [0.25, 0.3) is 0 Å². The quantitative estimate of drug-likeness (QED) is 0.876. The molecule has 0 aliphatic heterocycles. The first-order valence-corrected chi connectivity index (χ1v) is 5.70. The van der Waals surface area contributed by atoms with Gasteiger partial charge in [-0.3, -0.25) is 0 Å². The van der Waals surface area contributed by atoms with Gasteiger partial charge in [0.05, 0.1) is 5.01 Å². The van der Waals surface area contributed by atoms with Crippen LogP contribution in [0.4, 0.5) is 0 Å². The van der Waals surface area contributed by atoms with Crippen molar-refractivity contribution in [2.45, 2.75) is 19.9 Å². The van der Waals surface area contributed by atoms with Gasteiger partial charge in [-0.1, -0.05) is 0 Å². The highest BCUT2D eigenvalue weighted by molar-refractivity contribution is 7.09. The highest BCUT2D eigenvalue weighted by Crippen LogP contribution is 2.11. The second-order valence-corrected chi connectivity index (χ2v) is 4.29. The zero-order valence-electron chi connectivity index (χ0n) is 8.75. The average Bonchev–Trinajstić information content (AvgIpc) is 2.83. The Morgan fingerprint density at radius 2 is 2.44 bits per heavy atom. The van der Waals surface area contributed by atoms with Gasteiger partial charge in [0.2, 0.25) is 0 Å². The van der Waals surface area contributed by atoms with E-state index in [4.69, 9.17) is 5.11 Å². The minimum Gasteiger partial charge on any atom is -0.476 e. The van der Waals surface area contributed by atoms with Gasteiger partial charge in [0.1, 0.15) is 5.82 Å². The van der Waals surface area contributed by atoms with Crippen LogP contribution in [0, 0.1) is 6.92 Å². The van der Waals surface area contributed by atoms with Gasteiger partial charge in [-0.25, -0.2) is 14.8 Å². The first-order valence-electron chi connectivity index (χ1n) is 4.82. The van der Waals surface area contributed by atoms with E-state index < -0.39 is 5.97 Å². The van der Waals surface area contributed by atoms with Crippen molar-refractivity contribution in [2.24, 2.45) is 0 Å². The molecule has 2 aromatic rings. The maximum atomic E-state index is 10.6. The topological polar surface area (TPSA) is 68.0 Å². The number of carboxylic acids is 1. The van der Waals surface area contributed by atoms with Crippen molar-refractivity contribution in [1.82, 2.24) is 14.5 Å². The van der Waals surface area contributed by atoms with Crippen LogP contribution in [0.3, 0.4) is 0 Å². The summed E-state index contributed by atoms with van der Waals surface area (Å²) in [7, 11) is 0. The predicted molar refractivity (Wildman–Crippen MR) is 59.7 cm³/mol. The van der Waals surface area contributed by atoms with E-state index in [0.717, 1.165) is 23.8 Å². The van der Waals surface area contributed by atoms with Crippen molar-refractivity contribution in [1.29, 1.82) is 0 Å². The largest absolute Gasteiger partial charge is 0.476 e. The number of aromatic carboxylic acids is 1. The lowest BCUT2D eigenvalue weighted by molar-refractivity contribution is 0.0691. The summed E-state index contributed by atoms with van der Waals surface area (Å²) in [6, 6.07) is 0. The molecule has 0 radical (unpaired) electrons. The van der Waals surface area contributed by atoms with Crippen LogP contribution in [0.15, 0.2) is 17.8 Å². The van der Waals surface area contributed by atoms with E-state index in [1.54, 1.807) is 11.6 Å². The molecule has 0 fully saturated rings. The van der Waals surface area contributed by atoms with E-state index in [1.807, 2.05) is 17.7 Å². The lowest BCUT2D eigenvalue weighted by Crippen LogP contribution is -2.03. The number of carbonyl (C=O) groups is 1. The number of carboxylic acid groups (broad SMARTS) is 1. The summed E-state index contributed by atoms with van der Waals surface area (Å²) >= 11 is 1.38. The number of hydrogen-bond acceptors (Lipinski definition) is 4. The maximum absolute atomic E-state index is 10.6. The summed E-state index contributed by atoms with van der Waals surface area (Å²) in [6.07, 6.45) is 4.38. The number of aromatic nitrogens is 3. The molecule has 1 N–H and O–H groups in total. The van der Waals surface area contributed by atoms with Crippen LogP contribution in [-0.4, -0.2) is 25.6 Å². The SMILES string of the molecule is Cc1nccn1CCc1nc(C(=O)O)cs1. The predicted octanol–water partition coefficient (Wildman–Crippen LogP) is 1.59. The number of hydrogen-bond donors (Lipinski definition) is 1. The minimum atomic E-state index is -0.971. The molecule has 0 saturated carbocycles. The molecule has 6 heteroatoms. The summed E-state index contributed by atoms with van der Waals surface area (Å²) in [6.45, 7) is 2.71. The van der Waals surface area contributed by atoms with Crippen molar-refractivity contribution < 1.29 is 9.90 Å².